The van der Waals surface area contributed by atoms with Crippen molar-refractivity contribution in [2.75, 3.05) is 31.1 Å². The molecule has 7 heteroatoms. The second-order valence-corrected chi connectivity index (χ2v) is 8.09. The van der Waals surface area contributed by atoms with E-state index in [1.54, 1.807) is 6.33 Å². The van der Waals surface area contributed by atoms with Crippen LogP contribution in [0.25, 0.3) is 10.2 Å². The third-order valence-corrected chi connectivity index (χ3v) is 5.96. The maximum Gasteiger partial charge on any atom is 0.250 e. The molecular formula is C16H20F2N4S. The molecule has 0 aromatic carbocycles. The fraction of sp³-hybridized carbons (Fsp3) is 0.625. The Balaban J connectivity index is 1.65. The number of hydrogen-bond acceptors (Lipinski definition) is 5. The number of hydrogen-bond donors (Lipinski definition) is 1. The van der Waals surface area contributed by atoms with Gasteiger partial charge in [-0.15, -0.1) is 11.3 Å². The van der Waals surface area contributed by atoms with E-state index in [2.05, 4.69) is 20.2 Å². The minimum atomic E-state index is -2.69. The monoisotopic (exact) mass is 338 g/mol. The van der Waals surface area contributed by atoms with Crippen LogP contribution in [0.15, 0.2) is 12.4 Å². The van der Waals surface area contributed by atoms with Crippen LogP contribution >= 0.6 is 11.3 Å². The molecule has 0 aliphatic carbocycles. The predicted octanol–water partition coefficient (Wildman–Crippen LogP) is 3.08. The molecule has 124 valence electrons. The molecule has 0 bridgehead atoms. The van der Waals surface area contributed by atoms with E-state index in [-0.39, 0.29) is 6.42 Å². The van der Waals surface area contributed by atoms with Gasteiger partial charge in [-0.3, -0.25) is 0 Å². The van der Waals surface area contributed by atoms with Gasteiger partial charge in [0.2, 0.25) is 5.92 Å². The molecule has 23 heavy (non-hydrogen) atoms. The molecule has 4 heterocycles. The van der Waals surface area contributed by atoms with Gasteiger partial charge < -0.3 is 10.2 Å². The van der Waals surface area contributed by atoms with Gasteiger partial charge in [0.1, 0.15) is 17.0 Å². The second kappa shape index (κ2) is 5.34. The van der Waals surface area contributed by atoms with Crippen LogP contribution in [0.1, 0.15) is 24.6 Å². The van der Waals surface area contributed by atoms with Crippen molar-refractivity contribution in [2.24, 2.45) is 5.41 Å². The summed E-state index contributed by atoms with van der Waals surface area (Å²) in [5, 5.41) is 4.37. The first-order valence-electron chi connectivity index (χ1n) is 8.01. The Kier molecular flexibility index (Phi) is 3.53. The van der Waals surface area contributed by atoms with Gasteiger partial charge in [0, 0.05) is 36.3 Å². The number of nitrogens with zero attached hydrogens (tertiary/aromatic N) is 3. The van der Waals surface area contributed by atoms with E-state index in [1.807, 2.05) is 6.07 Å². The summed E-state index contributed by atoms with van der Waals surface area (Å²) in [7, 11) is 0. The molecule has 1 unspecified atom stereocenters. The number of thiophene rings is 1. The van der Waals surface area contributed by atoms with Crippen LogP contribution in [0.5, 0.6) is 0 Å². The molecular weight excluding hydrogens is 318 g/mol. The number of alkyl halides is 2. The van der Waals surface area contributed by atoms with E-state index in [0.717, 1.165) is 55.6 Å². The lowest BCUT2D eigenvalue weighted by Crippen LogP contribution is -2.29. The van der Waals surface area contributed by atoms with Crippen molar-refractivity contribution in [3.05, 3.63) is 17.3 Å². The molecule has 2 aromatic heterocycles. The molecule has 1 spiro atoms. The van der Waals surface area contributed by atoms with Crippen molar-refractivity contribution in [1.82, 2.24) is 15.3 Å². The van der Waals surface area contributed by atoms with Crippen molar-refractivity contribution in [1.29, 1.82) is 0 Å². The number of fused-ring (bicyclic) bond motifs is 1. The zero-order valence-corrected chi connectivity index (χ0v) is 13.9. The highest BCUT2D eigenvalue weighted by Gasteiger charge is 2.41. The Morgan fingerprint density at radius 2 is 2.26 bits per heavy atom. The van der Waals surface area contributed by atoms with Gasteiger partial charge in [-0.2, -0.15) is 0 Å². The molecule has 2 aliphatic heterocycles. The lowest BCUT2D eigenvalue weighted by Gasteiger charge is -2.23. The Bertz CT molecular complexity index is 718. The summed E-state index contributed by atoms with van der Waals surface area (Å²) in [4.78, 5) is 12.5. The van der Waals surface area contributed by atoms with E-state index >= 15 is 0 Å². The summed E-state index contributed by atoms with van der Waals surface area (Å²) in [5.74, 6) is -1.79. The van der Waals surface area contributed by atoms with E-state index in [1.165, 1.54) is 17.8 Å². The van der Waals surface area contributed by atoms with Crippen molar-refractivity contribution in [2.45, 2.75) is 32.1 Å². The Morgan fingerprint density at radius 1 is 1.39 bits per heavy atom. The summed E-state index contributed by atoms with van der Waals surface area (Å²) >= 11 is 1.35. The molecule has 4 nitrogen and oxygen atoms in total. The van der Waals surface area contributed by atoms with Crippen LogP contribution in [-0.4, -0.2) is 42.1 Å². The van der Waals surface area contributed by atoms with E-state index in [9.17, 15) is 8.78 Å². The van der Waals surface area contributed by atoms with Crippen LogP contribution in [0, 0.1) is 5.41 Å². The number of rotatable bonds is 3. The van der Waals surface area contributed by atoms with Gasteiger partial charge in [0.15, 0.2) is 0 Å². The zero-order chi connectivity index (χ0) is 16.1. The number of aromatic nitrogens is 2. The van der Waals surface area contributed by atoms with Crippen LogP contribution in [0.2, 0.25) is 0 Å². The highest BCUT2D eigenvalue weighted by atomic mass is 32.1. The second-order valence-electron chi connectivity index (χ2n) is 6.97. The van der Waals surface area contributed by atoms with Gasteiger partial charge >= 0.3 is 0 Å². The van der Waals surface area contributed by atoms with Crippen molar-refractivity contribution in [3.63, 3.8) is 0 Å². The number of halogens is 2. The molecule has 2 fully saturated rings. The maximum absolute atomic E-state index is 13.3. The smallest absolute Gasteiger partial charge is 0.250 e. The molecule has 4 rings (SSSR count). The summed E-state index contributed by atoms with van der Waals surface area (Å²) in [6, 6.07) is 1.85. The van der Waals surface area contributed by atoms with Crippen molar-refractivity contribution < 1.29 is 8.78 Å². The van der Waals surface area contributed by atoms with Gasteiger partial charge in [-0.05, 0) is 32.4 Å². The van der Waals surface area contributed by atoms with Gasteiger partial charge in [-0.25, -0.2) is 18.7 Å². The average molecular weight is 338 g/mol. The Morgan fingerprint density at radius 3 is 3.00 bits per heavy atom. The Labute approximate surface area is 137 Å². The first-order chi connectivity index (χ1) is 10.9. The maximum atomic E-state index is 13.3. The molecule has 1 N–H and O–H groups in total. The average Bonchev–Trinajstić information content (AvgIpc) is 3.17. The van der Waals surface area contributed by atoms with E-state index in [4.69, 9.17) is 0 Å². The molecule has 2 saturated heterocycles. The Hall–Kier alpha value is -1.34. The highest BCUT2D eigenvalue weighted by molar-refractivity contribution is 7.18. The summed E-state index contributed by atoms with van der Waals surface area (Å²) < 4.78 is 26.6. The fourth-order valence-electron chi connectivity index (χ4n) is 3.80. The predicted molar refractivity (Wildman–Crippen MR) is 88.5 cm³/mol. The highest BCUT2D eigenvalue weighted by Crippen LogP contribution is 2.40. The standard InChI is InChI=1S/C16H20F2N4S/c1-15(17,18)7-11-6-12-13(20-10-21-14(12)23-11)22-5-3-16(9-22)2-4-19-8-16/h6,10,19H,2-5,7-9H2,1H3. The van der Waals surface area contributed by atoms with Crippen LogP contribution in [0.4, 0.5) is 14.6 Å². The minimum Gasteiger partial charge on any atom is -0.355 e. The van der Waals surface area contributed by atoms with Gasteiger partial charge in [0.25, 0.3) is 0 Å². The third kappa shape index (κ3) is 2.92. The quantitative estimate of drug-likeness (QED) is 0.934. The van der Waals surface area contributed by atoms with Crippen LogP contribution < -0.4 is 10.2 Å². The minimum absolute atomic E-state index is 0.235. The lowest BCUT2D eigenvalue weighted by atomic mass is 9.87. The molecule has 1 atom stereocenters. The first kappa shape index (κ1) is 15.2. The van der Waals surface area contributed by atoms with E-state index < -0.39 is 5.92 Å². The van der Waals surface area contributed by atoms with Gasteiger partial charge in [0.05, 0.1) is 5.39 Å². The third-order valence-electron chi connectivity index (χ3n) is 4.91. The molecule has 2 aliphatic rings. The number of anilines is 1. The summed E-state index contributed by atoms with van der Waals surface area (Å²) in [6.45, 7) is 5.07. The zero-order valence-electron chi connectivity index (χ0n) is 13.1. The fourth-order valence-corrected chi connectivity index (χ4v) is 4.91. The molecule has 0 saturated carbocycles. The lowest BCUT2D eigenvalue weighted by molar-refractivity contribution is 0.0235. The van der Waals surface area contributed by atoms with Crippen molar-refractivity contribution in [3.8, 4) is 0 Å². The SMILES string of the molecule is CC(F)(F)Cc1cc2c(N3CCC4(CCNC4)C3)ncnc2s1. The molecule has 0 amide bonds. The number of nitrogens with one attached hydrogen (secondary N) is 1. The normalized spacial score (nSPS) is 25.1. The first-order valence-corrected chi connectivity index (χ1v) is 8.83. The topological polar surface area (TPSA) is 41.0 Å². The van der Waals surface area contributed by atoms with Gasteiger partial charge in [-0.1, -0.05) is 0 Å². The summed E-state index contributed by atoms with van der Waals surface area (Å²) in [5.41, 5.74) is 0.354. The van der Waals surface area contributed by atoms with Crippen LogP contribution in [-0.2, 0) is 6.42 Å². The molecule has 2 aromatic rings. The van der Waals surface area contributed by atoms with E-state index in [0.29, 0.717) is 10.3 Å². The molecule has 0 radical (unpaired) electrons. The summed E-state index contributed by atoms with van der Waals surface area (Å²) in [6.07, 6.45) is 3.69. The van der Waals surface area contributed by atoms with Crippen LogP contribution in [0.3, 0.4) is 0 Å². The van der Waals surface area contributed by atoms with Crippen molar-refractivity contribution >= 4 is 27.4 Å². The largest absolute Gasteiger partial charge is 0.355 e.